The van der Waals surface area contributed by atoms with Gasteiger partial charge in [-0.15, -0.1) is 0 Å². The molecule has 0 heterocycles. The third kappa shape index (κ3) is 2.89. The van der Waals surface area contributed by atoms with Crippen molar-refractivity contribution in [3.05, 3.63) is 65.2 Å². The molecule has 22 heavy (non-hydrogen) atoms. The molecule has 1 aliphatic carbocycles. The van der Waals surface area contributed by atoms with Gasteiger partial charge in [-0.3, -0.25) is 0 Å². The Morgan fingerprint density at radius 2 is 1.64 bits per heavy atom. The van der Waals surface area contributed by atoms with Gasteiger partial charge in [0.25, 0.3) is 0 Å². The van der Waals surface area contributed by atoms with Crippen LogP contribution in [0.4, 0.5) is 0 Å². The second-order valence-electron chi connectivity index (χ2n) is 6.55. The van der Waals surface area contributed by atoms with Crippen molar-refractivity contribution in [3.63, 3.8) is 0 Å². The summed E-state index contributed by atoms with van der Waals surface area (Å²) in [5, 5.41) is 21.3. The Kier molecular flexibility index (Phi) is 4.21. The van der Waals surface area contributed by atoms with Gasteiger partial charge in [0.05, 0.1) is 0 Å². The first kappa shape index (κ1) is 15.1. The lowest BCUT2D eigenvalue weighted by Gasteiger charge is -2.28. The molecule has 2 nitrogen and oxygen atoms in total. The molecule has 2 aromatic rings. The largest absolute Gasteiger partial charge is 0.508 e. The van der Waals surface area contributed by atoms with E-state index in [-0.39, 0.29) is 5.75 Å². The first-order valence-electron chi connectivity index (χ1n) is 8.20. The molecule has 0 amide bonds. The number of phenols is 1. The fourth-order valence-corrected chi connectivity index (χ4v) is 3.55. The molecule has 1 fully saturated rings. The molecule has 116 valence electrons. The topological polar surface area (TPSA) is 40.5 Å². The lowest BCUT2D eigenvalue weighted by Crippen LogP contribution is -2.23. The van der Waals surface area contributed by atoms with E-state index < -0.39 is 5.60 Å². The molecular formula is C20H24O2. The van der Waals surface area contributed by atoms with Crippen LogP contribution in [-0.2, 0) is 5.60 Å². The summed E-state index contributed by atoms with van der Waals surface area (Å²) in [6, 6.07) is 15.3. The maximum atomic E-state index is 11.0. The van der Waals surface area contributed by atoms with E-state index in [2.05, 4.69) is 0 Å². The molecular weight excluding hydrogens is 272 g/mol. The third-order valence-corrected chi connectivity index (χ3v) is 4.96. The van der Waals surface area contributed by atoms with Gasteiger partial charge in [0.15, 0.2) is 0 Å². The molecule has 0 aromatic heterocycles. The average molecular weight is 296 g/mol. The molecule has 0 saturated heterocycles. The minimum absolute atomic E-state index is 0.161. The zero-order chi connectivity index (χ0) is 15.6. The highest BCUT2D eigenvalue weighted by Crippen LogP contribution is 2.39. The lowest BCUT2D eigenvalue weighted by molar-refractivity contribution is 0.0990. The van der Waals surface area contributed by atoms with Crippen LogP contribution in [0.25, 0.3) is 0 Å². The van der Waals surface area contributed by atoms with Gasteiger partial charge in [0, 0.05) is 5.56 Å². The van der Waals surface area contributed by atoms with Crippen LogP contribution in [0.3, 0.4) is 0 Å². The summed E-state index contributed by atoms with van der Waals surface area (Å²) in [6.07, 6.45) is 6.28. The van der Waals surface area contributed by atoms with Crippen LogP contribution < -0.4 is 0 Å². The van der Waals surface area contributed by atoms with Gasteiger partial charge in [-0.1, -0.05) is 55.7 Å². The minimum Gasteiger partial charge on any atom is -0.508 e. The Labute approximate surface area is 132 Å². The number of benzene rings is 2. The first-order valence-corrected chi connectivity index (χ1v) is 8.20. The number of aliphatic hydroxyl groups is 1. The quantitative estimate of drug-likeness (QED) is 0.862. The number of rotatable bonds is 3. The van der Waals surface area contributed by atoms with Crippen molar-refractivity contribution in [2.24, 2.45) is 0 Å². The van der Waals surface area contributed by atoms with Gasteiger partial charge in [0.1, 0.15) is 11.4 Å². The summed E-state index contributed by atoms with van der Waals surface area (Å²) >= 11 is 0. The SMILES string of the molecule is CC(O)(c1ccccc1)c1cc(C2CCCCC2)ccc1O. The van der Waals surface area contributed by atoms with Crippen molar-refractivity contribution in [2.75, 3.05) is 0 Å². The summed E-state index contributed by atoms with van der Waals surface area (Å²) in [6.45, 7) is 1.75. The molecule has 0 bridgehead atoms. The molecule has 1 unspecified atom stereocenters. The molecule has 0 spiro atoms. The molecule has 1 aliphatic rings. The van der Waals surface area contributed by atoms with Crippen molar-refractivity contribution >= 4 is 0 Å². The van der Waals surface area contributed by atoms with Crippen molar-refractivity contribution < 1.29 is 10.2 Å². The van der Waals surface area contributed by atoms with Crippen LogP contribution >= 0.6 is 0 Å². The predicted octanol–water partition coefficient (Wildman–Crippen LogP) is 4.70. The van der Waals surface area contributed by atoms with Crippen LogP contribution in [0.15, 0.2) is 48.5 Å². The minimum atomic E-state index is -1.18. The highest BCUT2D eigenvalue weighted by Gasteiger charge is 2.29. The van der Waals surface area contributed by atoms with E-state index in [0.29, 0.717) is 11.5 Å². The average Bonchev–Trinajstić information content (AvgIpc) is 2.57. The van der Waals surface area contributed by atoms with E-state index >= 15 is 0 Å². The summed E-state index contributed by atoms with van der Waals surface area (Å²) in [4.78, 5) is 0. The highest BCUT2D eigenvalue weighted by molar-refractivity contribution is 5.46. The highest BCUT2D eigenvalue weighted by atomic mass is 16.3. The second kappa shape index (κ2) is 6.13. The number of hydrogen-bond acceptors (Lipinski definition) is 2. The maximum absolute atomic E-state index is 11.0. The zero-order valence-electron chi connectivity index (χ0n) is 13.1. The van der Waals surface area contributed by atoms with E-state index in [1.165, 1.54) is 37.7 Å². The Hall–Kier alpha value is -1.80. The molecule has 1 saturated carbocycles. The summed E-state index contributed by atoms with van der Waals surface area (Å²) in [7, 11) is 0. The smallest absolute Gasteiger partial charge is 0.122 e. The zero-order valence-corrected chi connectivity index (χ0v) is 13.1. The first-order chi connectivity index (χ1) is 10.6. The standard InChI is InChI=1S/C20H24O2/c1-20(22,17-10-6-3-7-11-17)18-14-16(12-13-19(18)21)15-8-4-2-5-9-15/h3,6-7,10-15,21-22H,2,4-5,8-9H2,1H3. The summed E-state index contributed by atoms with van der Waals surface area (Å²) in [5.41, 5.74) is 1.45. The second-order valence-corrected chi connectivity index (χ2v) is 6.55. The molecule has 2 aromatic carbocycles. The molecule has 0 radical (unpaired) electrons. The lowest BCUT2D eigenvalue weighted by atomic mass is 9.81. The van der Waals surface area contributed by atoms with Crippen LogP contribution in [0.2, 0.25) is 0 Å². The van der Waals surface area contributed by atoms with E-state index in [4.69, 9.17) is 0 Å². The van der Waals surface area contributed by atoms with E-state index in [0.717, 1.165) is 5.56 Å². The Balaban J connectivity index is 1.99. The third-order valence-electron chi connectivity index (χ3n) is 4.96. The van der Waals surface area contributed by atoms with E-state index in [1.807, 2.05) is 42.5 Å². The Morgan fingerprint density at radius 1 is 0.955 bits per heavy atom. The van der Waals surface area contributed by atoms with Crippen molar-refractivity contribution in [2.45, 2.75) is 50.5 Å². The summed E-state index contributed by atoms with van der Waals surface area (Å²) in [5.74, 6) is 0.716. The van der Waals surface area contributed by atoms with Crippen LogP contribution in [0.1, 0.15) is 61.6 Å². The number of aromatic hydroxyl groups is 1. The monoisotopic (exact) mass is 296 g/mol. The molecule has 0 aliphatic heterocycles. The van der Waals surface area contributed by atoms with Gasteiger partial charge in [0.2, 0.25) is 0 Å². The summed E-state index contributed by atoms with van der Waals surface area (Å²) < 4.78 is 0. The van der Waals surface area contributed by atoms with Gasteiger partial charge in [-0.2, -0.15) is 0 Å². The Morgan fingerprint density at radius 3 is 2.32 bits per heavy atom. The Bertz CT molecular complexity index is 625. The van der Waals surface area contributed by atoms with Crippen LogP contribution in [0.5, 0.6) is 5.75 Å². The van der Waals surface area contributed by atoms with Gasteiger partial charge < -0.3 is 10.2 Å². The fourth-order valence-electron chi connectivity index (χ4n) is 3.55. The van der Waals surface area contributed by atoms with E-state index in [9.17, 15) is 10.2 Å². The number of phenolic OH excluding ortho intramolecular Hbond substituents is 1. The van der Waals surface area contributed by atoms with Crippen molar-refractivity contribution in [1.82, 2.24) is 0 Å². The van der Waals surface area contributed by atoms with Crippen LogP contribution in [0, 0.1) is 0 Å². The van der Waals surface area contributed by atoms with Crippen molar-refractivity contribution in [1.29, 1.82) is 0 Å². The molecule has 3 rings (SSSR count). The maximum Gasteiger partial charge on any atom is 0.122 e. The molecule has 1 atom stereocenters. The molecule has 2 heteroatoms. The van der Waals surface area contributed by atoms with Gasteiger partial charge >= 0.3 is 0 Å². The van der Waals surface area contributed by atoms with Crippen LogP contribution in [-0.4, -0.2) is 10.2 Å². The normalized spacial score (nSPS) is 18.8. The van der Waals surface area contributed by atoms with Gasteiger partial charge in [-0.05, 0) is 48.9 Å². The van der Waals surface area contributed by atoms with Gasteiger partial charge in [-0.25, -0.2) is 0 Å². The van der Waals surface area contributed by atoms with Crippen molar-refractivity contribution in [3.8, 4) is 5.75 Å². The molecule has 2 N–H and O–H groups in total. The number of hydrogen-bond donors (Lipinski definition) is 2. The predicted molar refractivity (Wildman–Crippen MR) is 89.0 cm³/mol. The van der Waals surface area contributed by atoms with E-state index in [1.54, 1.807) is 13.0 Å². The fraction of sp³-hybridized carbons (Fsp3) is 0.400.